The minimum Gasteiger partial charge on any atom is -0.395 e. The van der Waals surface area contributed by atoms with Gasteiger partial charge in [-0.2, -0.15) is 4.98 Å². The summed E-state index contributed by atoms with van der Waals surface area (Å²) in [7, 11) is 0. The number of hydrogen-bond donors (Lipinski definition) is 1. The van der Waals surface area contributed by atoms with E-state index in [1.54, 1.807) is 11.8 Å². The van der Waals surface area contributed by atoms with Crippen molar-refractivity contribution in [3.63, 3.8) is 0 Å². The minimum absolute atomic E-state index is 0.0311. The lowest BCUT2D eigenvalue weighted by molar-refractivity contribution is -0.0298. The van der Waals surface area contributed by atoms with Gasteiger partial charge in [0.05, 0.1) is 12.9 Å². The molecule has 1 atom stereocenters. The molecule has 0 spiro atoms. The molecule has 8 heteroatoms. The number of hydrogen-bond acceptors (Lipinski definition) is 7. The van der Waals surface area contributed by atoms with Crippen LogP contribution in [-0.4, -0.2) is 50.9 Å². The summed E-state index contributed by atoms with van der Waals surface area (Å²) in [6.07, 6.45) is 5.00. The Morgan fingerprint density at radius 2 is 2.10 bits per heavy atom. The maximum absolute atomic E-state index is 9.44. The molecular formula is C21H27N5O2S. The average molecular weight is 414 g/mol. The molecule has 1 N–H and O–H groups in total. The fourth-order valence-electron chi connectivity index (χ4n) is 3.52. The highest BCUT2D eigenvalue weighted by Gasteiger charge is 2.22. The first-order chi connectivity index (χ1) is 14.3. The number of aliphatic hydroxyl groups is 1. The van der Waals surface area contributed by atoms with Gasteiger partial charge in [0.15, 0.2) is 5.65 Å². The first-order valence-corrected chi connectivity index (χ1v) is 11.2. The lowest BCUT2D eigenvalue weighted by Gasteiger charge is -2.24. The molecule has 0 bridgehead atoms. The van der Waals surface area contributed by atoms with E-state index in [-0.39, 0.29) is 12.8 Å². The Kier molecular flexibility index (Phi) is 6.63. The Bertz CT molecular complexity index is 927. The summed E-state index contributed by atoms with van der Waals surface area (Å²) in [6, 6.07) is 10.4. The van der Waals surface area contributed by atoms with Crippen molar-refractivity contribution in [3.05, 3.63) is 42.2 Å². The molecule has 0 amide bonds. The van der Waals surface area contributed by atoms with Crippen molar-refractivity contribution in [2.45, 2.75) is 43.2 Å². The number of aliphatic hydroxyl groups excluding tert-OH is 1. The van der Waals surface area contributed by atoms with Crippen molar-refractivity contribution in [1.82, 2.24) is 19.5 Å². The molecule has 3 aromatic rings. The van der Waals surface area contributed by atoms with Gasteiger partial charge in [-0.05, 0) is 31.7 Å². The van der Waals surface area contributed by atoms with Crippen molar-refractivity contribution in [3.8, 4) is 0 Å². The Labute approximate surface area is 175 Å². The van der Waals surface area contributed by atoms with Gasteiger partial charge in [-0.3, -0.25) is 4.57 Å². The van der Waals surface area contributed by atoms with Gasteiger partial charge in [0.2, 0.25) is 5.95 Å². The number of imidazole rings is 1. The number of rotatable bonds is 8. The van der Waals surface area contributed by atoms with Crippen LogP contribution in [0.2, 0.25) is 0 Å². The van der Waals surface area contributed by atoms with E-state index in [0.717, 1.165) is 54.4 Å². The molecule has 0 aliphatic carbocycles. The number of aromatic nitrogens is 4. The Morgan fingerprint density at radius 1 is 1.24 bits per heavy atom. The van der Waals surface area contributed by atoms with Crippen LogP contribution in [0.25, 0.3) is 11.2 Å². The molecule has 154 valence electrons. The summed E-state index contributed by atoms with van der Waals surface area (Å²) in [5.74, 6) is 1.44. The highest BCUT2D eigenvalue weighted by Crippen LogP contribution is 2.32. The monoisotopic (exact) mass is 413 g/mol. The van der Waals surface area contributed by atoms with Crippen LogP contribution in [-0.2, 0) is 10.5 Å². The van der Waals surface area contributed by atoms with Crippen molar-refractivity contribution in [2.75, 3.05) is 31.2 Å². The van der Waals surface area contributed by atoms with Gasteiger partial charge in [-0.1, -0.05) is 42.1 Å². The molecule has 3 heterocycles. The minimum atomic E-state index is -0.0311. The lowest BCUT2D eigenvalue weighted by atomic mass is 10.2. The van der Waals surface area contributed by atoms with E-state index in [1.165, 1.54) is 5.56 Å². The zero-order valence-electron chi connectivity index (χ0n) is 16.7. The molecule has 29 heavy (non-hydrogen) atoms. The summed E-state index contributed by atoms with van der Waals surface area (Å²) in [4.78, 5) is 16.3. The molecule has 1 aliphatic rings. The molecular weight excluding hydrogens is 386 g/mol. The number of ether oxygens (including phenoxy) is 1. The van der Waals surface area contributed by atoms with Gasteiger partial charge in [0.1, 0.15) is 16.8 Å². The fourth-order valence-corrected chi connectivity index (χ4v) is 4.44. The predicted molar refractivity (Wildman–Crippen MR) is 115 cm³/mol. The molecule has 0 radical (unpaired) electrons. The summed E-state index contributed by atoms with van der Waals surface area (Å²) in [6.45, 7) is 4.10. The molecule has 0 saturated carbocycles. The van der Waals surface area contributed by atoms with Gasteiger partial charge in [-0.15, -0.1) is 0 Å². The van der Waals surface area contributed by atoms with Crippen LogP contribution in [0.15, 0.2) is 41.7 Å². The van der Waals surface area contributed by atoms with E-state index >= 15 is 0 Å². The summed E-state index contributed by atoms with van der Waals surface area (Å²) in [5, 5.41) is 10.3. The number of thioether (sulfide) groups is 1. The zero-order chi connectivity index (χ0) is 20.1. The van der Waals surface area contributed by atoms with Crippen molar-refractivity contribution in [2.24, 2.45) is 0 Å². The van der Waals surface area contributed by atoms with E-state index in [9.17, 15) is 5.11 Å². The molecule has 7 nitrogen and oxygen atoms in total. The van der Waals surface area contributed by atoms with Crippen LogP contribution in [0.3, 0.4) is 0 Å². The quantitative estimate of drug-likeness (QED) is 0.446. The number of nitrogens with zero attached hydrogens (tertiary/aromatic N) is 5. The molecule has 1 saturated heterocycles. The average Bonchev–Trinajstić information content (AvgIpc) is 3.21. The van der Waals surface area contributed by atoms with E-state index in [2.05, 4.69) is 17.1 Å². The van der Waals surface area contributed by atoms with E-state index in [1.807, 2.05) is 40.9 Å². The van der Waals surface area contributed by atoms with E-state index < -0.39 is 0 Å². The van der Waals surface area contributed by atoms with Crippen LogP contribution < -0.4 is 4.90 Å². The second kappa shape index (κ2) is 9.56. The molecule has 1 aromatic carbocycles. The smallest absolute Gasteiger partial charge is 0.228 e. The number of fused-ring (bicyclic) bond motifs is 1. The second-order valence-corrected chi connectivity index (χ2v) is 8.02. The first kappa shape index (κ1) is 20.1. The maximum Gasteiger partial charge on any atom is 0.228 e. The summed E-state index contributed by atoms with van der Waals surface area (Å²) >= 11 is 1.67. The van der Waals surface area contributed by atoms with Crippen LogP contribution in [0.4, 0.5) is 5.95 Å². The zero-order valence-corrected chi connectivity index (χ0v) is 17.5. The third kappa shape index (κ3) is 4.55. The molecule has 1 unspecified atom stereocenters. The molecule has 1 fully saturated rings. The molecule has 4 rings (SSSR count). The third-order valence-electron chi connectivity index (χ3n) is 5.10. The largest absolute Gasteiger partial charge is 0.395 e. The fraction of sp³-hybridized carbons (Fsp3) is 0.476. The highest BCUT2D eigenvalue weighted by atomic mass is 32.2. The molecule has 1 aliphatic heterocycles. The standard InChI is InChI=1S/C21H27N5O2S/c1-2-25(11-12-27)21-23-19-18(22-15-26(19)17-10-6-7-13-28-17)20(24-21)29-14-16-8-4-3-5-9-16/h3-5,8-9,15,17,27H,2,6-7,10-14H2,1H3. The summed E-state index contributed by atoms with van der Waals surface area (Å²) < 4.78 is 8.02. The predicted octanol–water partition coefficient (Wildman–Crippen LogP) is 3.64. The number of likely N-dealkylation sites (N-methyl/N-ethyl adjacent to an activating group) is 1. The van der Waals surface area contributed by atoms with E-state index in [4.69, 9.17) is 14.7 Å². The van der Waals surface area contributed by atoms with Crippen LogP contribution >= 0.6 is 11.8 Å². The van der Waals surface area contributed by atoms with Gasteiger partial charge in [-0.25, -0.2) is 9.97 Å². The Morgan fingerprint density at radius 3 is 2.83 bits per heavy atom. The van der Waals surface area contributed by atoms with Gasteiger partial charge in [0.25, 0.3) is 0 Å². The second-order valence-electron chi connectivity index (χ2n) is 7.05. The first-order valence-electron chi connectivity index (χ1n) is 10.2. The lowest BCUT2D eigenvalue weighted by Crippen LogP contribution is -2.28. The van der Waals surface area contributed by atoms with E-state index in [0.29, 0.717) is 12.5 Å². The Balaban J connectivity index is 1.72. The van der Waals surface area contributed by atoms with Crippen molar-refractivity contribution in [1.29, 1.82) is 0 Å². The van der Waals surface area contributed by atoms with Crippen LogP contribution in [0, 0.1) is 0 Å². The van der Waals surface area contributed by atoms with Gasteiger partial charge in [0, 0.05) is 25.4 Å². The number of benzene rings is 1. The normalized spacial score (nSPS) is 17.0. The Hall–Kier alpha value is -2.16. The highest BCUT2D eigenvalue weighted by molar-refractivity contribution is 7.98. The SMILES string of the molecule is CCN(CCO)c1nc(SCc2ccccc2)c2ncn(C3CCCCO3)c2n1. The maximum atomic E-state index is 9.44. The van der Waals surface area contributed by atoms with Crippen LogP contribution in [0.5, 0.6) is 0 Å². The van der Waals surface area contributed by atoms with Gasteiger partial charge >= 0.3 is 0 Å². The van der Waals surface area contributed by atoms with Crippen molar-refractivity contribution < 1.29 is 9.84 Å². The topological polar surface area (TPSA) is 76.3 Å². The van der Waals surface area contributed by atoms with Gasteiger partial charge < -0.3 is 14.7 Å². The van der Waals surface area contributed by atoms with Crippen molar-refractivity contribution >= 4 is 28.9 Å². The summed E-state index contributed by atoms with van der Waals surface area (Å²) in [5.41, 5.74) is 2.85. The third-order valence-corrected chi connectivity index (χ3v) is 6.13. The van der Waals surface area contributed by atoms with Crippen LogP contribution in [0.1, 0.15) is 38.0 Å². The molecule has 2 aromatic heterocycles. The number of anilines is 1.